The van der Waals surface area contributed by atoms with E-state index in [0.29, 0.717) is 12.0 Å². The van der Waals surface area contributed by atoms with Crippen molar-refractivity contribution in [3.05, 3.63) is 35.4 Å². The van der Waals surface area contributed by atoms with Crippen molar-refractivity contribution in [2.45, 2.75) is 38.1 Å². The monoisotopic (exact) mass is 260 g/mol. The van der Waals surface area contributed by atoms with Gasteiger partial charge in [-0.15, -0.1) is 0 Å². The molecular weight excluding hydrogens is 240 g/mol. The van der Waals surface area contributed by atoms with Crippen molar-refractivity contribution in [2.24, 2.45) is 4.99 Å². The van der Waals surface area contributed by atoms with Crippen molar-refractivity contribution < 1.29 is 0 Å². The van der Waals surface area contributed by atoms with E-state index >= 15 is 0 Å². The summed E-state index contributed by atoms with van der Waals surface area (Å²) in [7, 11) is 0. The standard InChI is InChI=1S/C15H20N2S/c1-2-13-7-8-18-15(17-13)16-10-12-9-11-5-3-4-6-14(11)12/h3-6,12-13H,2,7-10H2,1H3,(H,16,17). The maximum Gasteiger partial charge on any atom is 0.156 e. The van der Waals surface area contributed by atoms with Crippen molar-refractivity contribution in [2.75, 3.05) is 12.3 Å². The molecule has 0 bridgehead atoms. The van der Waals surface area contributed by atoms with Crippen LogP contribution in [0.1, 0.15) is 36.8 Å². The molecule has 1 aliphatic carbocycles. The zero-order valence-electron chi connectivity index (χ0n) is 10.9. The summed E-state index contributed by atoms with van der Waals surface area (Å²) in [6.45, 7) is 3.19. The van der Waals surface area contributed by atoms with E-state index in [-0.39, 0.29) is 0 Å². The van der Waals surface area contributed by atoms with Crippen LogP contribution in [-0.2, 0) is 6.42 Å². The molecule has 2 atom stereocenters. The summed E-state index contributed by atoms with van der Waals surface area (Å²) in [5, 5.41) is 4.71. The molecule has 0 radical (unpaired) electrons. The Morgan fingerprint density at radius 2 is 2.28 bits per heavy atom. The summed E-state index contributed by atoms with van der Waals surface area (Å²) < 4.78 is 0. The van der Waals surface area contributed by atoms with Gasteiger partial charge in [-0.05, 0) is 30.4 Å². The number of aliphatic imine (C=N–C) groups is 1. The van der Waals surface area contributed by atoms with Crippen LogP contribution in [0.5, 0.6) is 0 Å². The van der Waals surface area contributed by atoms with Gasteiger partial charge in [0.15, 0.2) is 5.17 Å². The fourth-order valence-corrected chi connectivity index (χ4v) is 3.71. The lowest BCUT2D eigenvalue weighted by atomic mass is 9.78. The number of nitrogens with zero attached hydrogens (tertiary/aromatic N) is 1. The largest absolute Gasteiger partial charge is 0.362 e. The third kappa shape index (κ3) is 2.41. The molecule has 18 heavy (non-hydrogen) atoms. The van der Waals surface area contributed by atoms with E-state index in [4.69, 9.17) is 4.99 Å². The molecule has 2 nitrogen and oxygen atoms in total. The topological polar surface area (TPSA) is 24.4 Å². The lowest BCUT2D eigenvalue weighted by molar-refractivity contribution is 0.566. The molecule has 3 heteroatoms. The minimum absolute atomic E-state index is 0.638. The van der Waals surface area contributed by atoms with Crippen molar-refractivity contribution in [1.82, 2.24) is 5.32 Å². The summed E-state index contributed by atoms with van der Waals surface area (Å²) in [4.78, 5) is 4.77. The maximum atomic E-state index is 4.77. The van der Waals surface area contributed by atoms with E-state index < -0.39 is 0 Å². The van der Waals surface area contributed by atoms with Crippen LogP contribution in [0.25, 0.3) is 0 Å². The molecule has 1 saturated heterocycles. The van der Waals surface area contributed by atoms with Crippen LogP contribution >= 0.6 is 11.8 Å². The fraction of sp³-hybridized carbons (Fsp3) is 0.533. The summed E-state index contributed by atoms with van der Waals surface area (Å²) in [6, 6.07) is 9.39. The van der Waals surface area contributed by atoms with E-state index in [2.05, 4.69) is 36.5 Å². The number of nitrogens with one attached hydrogen (secondary N) is 1. The summed E-state index contributed by atoms with van der Waals surface area (Å²) in [5.74, 6) is 1.86. The fourth-order valence-electron chi connectivity index (χ4n) is 2.70. The highest BCUT2D eigenvalue weighted by Gasteiger charge is 2.25. The Kier molecular flexibility index (Phi) is 3.59. The van der Waals surface area contributed by atoms with E-state index in [1.165, 1.54) is 36.1 Å². The Hall–Kier alpha value is -0.960. The molecular formula is C15H20N2S. The van der Waals surface area contributed by atoms with Crippen LogP contribution in [0, 0.1) is 0 Å². The maximum absolute atomic E-state index is 4.77. The first-order valence-corrected chi connectivity index (χ1v) is 7.87. The number of hydrogen-bond acceptors (Lipinski definition) is 2. The molecule has 1 heterocycles. The molecule has 0 aromatic heterocycles. The van der Waals surface area contributed by atoms with Gasteiger partial charge in [-0.1, -0.05) is 43.0 Å². The van der Waals surface area contributed by atoms with Crippen molar-refractivity contribution in [3.8, 4) is 0 Å². The first-order chi connectivity index (χ1) is 8.86. The van der Waals surface area contributed by atoms with Crippen LogP contribution in [-0.4, -0.2) is 23.5 Å². The predicted molar refractivity (Wildman–Crippen MR) is 79.5 cm³/mol. The van der Waals surface area contributed by atoms with E-state index in [1.54, 1.807) is 0 Å². The highest BCUT2D eigenvalue weighted by Crippen LogP contribution is 2.35. The molecule has 1 aromatic rings. The Bertz CT molecular complexity index is 456. The first-order valence-electron chi connectivity index (χ1n) is 6.88. The second-order valence-electron chi connectivity index (χ2n) is 5.13. The Morgan fingerprint density at radius 3 is 3.11 bits per heavy atom. The van der Waals surface area contributed by atoms with Gasteiger partial charge in [0.2, 0.25) is 0 Å². The molecule has 1 aliphatic heterocycles. The number of fused-ring (bicyclic) bond motifs is 1. The summed E-state index contributed by atoms with van der Waals surface area (Å²) in [5.41, 5.74) is 3.02. The van der Waals surface area contributed by atoms with Crippen LogP contribution in [0.15, 0.2) is 29.3 Å². The second kappa shape index (κ2) is 5.35. The zero-order chi connectivity index (χ0) is 12.4. The van der Waals surface area contributed by atoms with E-state index in [1.807, 2.05) is 11.8 Å². The highest BCUT2D eigenvalue weighted by molar-refractivity contribution is 8.13. The van der Waals surface area contributed by atoms with Crippen LogP contribution in [0.2, 0.25) is 0 Å². The van der Waals surface area contributed by atoms with Gasteiger partial charge in [0.05, 0.1) is 0 Å². The molecule has 1 aromatic carbocycles. The first kappa shape index (κ1) is 12.1. The Labute approximate surface area is 113 Å². The third-order valence-corrected chi connectivity index (χ3v) is 4.90. The molecule has 1 N–H and O–H groups in total. The van der Waals surface area contributed by atoms with Crippen molar-refractivity contribution >= 4 is 16.9 Å². The molecule has 2 aliphatic rings. The summed E-state index contributed by atoms with van der Waals surface area (Å²) >= 11 is 1.88. The number of amidine groups is 1. The lowest BCUT2D eigenvalue weighted by Crippen LogP contribution is -2.37. The van der Waals surface area contributed by atoms with Crippen LogP contribution < -0.4 is 5.32 Å². The molecule has 0 amide bonds. The molecule has 1 fully saturated rings. The lowest BCUT2D eigenvalue weighted by Gasteiger charge is -2.30. The van der Waals surface area contributed by atoms with Crippen molar-refractivity contribution in [1.29, 1.82) is 0 Å². The molecule has 2 unspecified atom stereocenters. The van der Waals surface area contributed by atoms with Gasteiger partial charge in [0, 0.05) is 24.3 Å². The van der Waals surface area contributed by atoms with E-state index in [0.717, 1.165) is 11.7 Å². The van der Waals surface area contributed by atoms with Crippen LogP contribution in [0.3, 0.4) is 0 Å². The van der Waals surface area contributed by atoms with Gasteiger partial charge < -0.3 is 5.32 Å². The smallest absolute Gasteiger partial charge is 0.156 e. The number of hydrogen-bond donors (Lipinski definition) is 1. The van der Waals surface area contributed by atoms with Gasteiger partial charge in [-0.25, -0.2) is 0 Å². The Balaban J connectivity index is 1.59. The number of thioether (sulfide) groups is 1. The molecule has 0 saturated carbocycles. The average molecular weight is 260 g/mol. The second-order valence-corrected chi connectivity index (χ2v) is 6.22. The SMILES string of the molecule is CCC1CCSC(=NCC2Cc3ccccc32)N1. The van der Waals surface area contributed by atoms with Gasteiger partial charge >= 0.3 is 0 Å². The highest BCUT2D eigenvalue weighted by atomic mass is 32.2. The minimum Gasteiger partial charge on any atom is -0.362 e. The van der Waals surface area contributed by atoms with E-state index in [9.17, 15) is 0 Å². The number of rotatable bonds is 3. The normalized spacial score (nSPS) is 28.4. The van der Waals surface area contributed by atoms with Gasteiger partial charge in [-0.2, -0.15) is 0 Å². The number of benzene rings is 1. The van der Waals surface area contributed by atoms with Gasteiger partial charge in [-0.3, -0.25) is 4.99 Å². The van der Waals surface area contributed by atoms with Gasteiger partial charge in [0.1, 0.15) is 0 Å². The predicted octanol–water partition coefficient (Wildman–Crippen LogP) is 3.19. The quantitative estimate of drug-likeness (QED) is 0.902. The minimum atomic E-state index is 0.638. The van der Waals surface area contributed by atoms with Crippen LogP contribution in [0.4, 0.5) is 0 Å². The zero-order valence-corrected chi connectivity index (χ0v) is 11.7. The Morgan fingerprint density at radius 1 is 1.39 bits per heavy atom. The molecule has 96 valence electrons. The summed E-state index contributed by atoms with van der Waals surface area (Å²) in [6.07, 6.45) is 3.67. The third-order valence-electron chi connectivity index (χ3n) is 3.94. The molecule has 0 spiro atoms. The van der Waals surface area contributed by atoms with Crippen molar-refractivity contribution in [3.63, 3.8) is 0 Å². The molecule has 3 rings (SSSR count). The average Bonchev–Trinajstić information content (AvgIpc) is 2.40. The van der Waals surface area contributed by atoms with Gasteiger partial charge in [0.25, 0.3) is 0 Å².